The zero-order valence-electron chi connectivity index (χ0n) is 19.9. The Kier molecular flexibility index (Phi) is 7.77. The SMILES string of the molecule is C[C@@H](NCCC1CN(c2cccc(C(=O)O)c2F)c2ccccc2O1)c1cccc2ccccc12.Cl. The lowest BCUT2D eigenvalue weighted by Gasteiger charge is -2.36. The van der Waals surface area contributed by atoms with Gasteiger partial charge in [0.05, 0.1) is 23.5 Å². The Bertz CT molecular complexity index is 1370. The number of ether oxygens (including phenoxy) is 1. The number of hydrogen-bond acceptors (Lipinski definition) is 4. The molecular weight excluding hydrogens is 479 g/mol. The highest BCUT2D eigenvalue weighted by Gasteiger charge is 2.29. The molecule has 0 saturated carbocycles. The fourth-order valence-corrected chi connectivity index (χ4v) is 4.77. The van der Waals surface area contributed by atoms with Gasteiger partial charge in [-0.25, -0.2) is 9.18 Å². The van der Waals surface area contributed by atoms with Gasteiger partial charge in [-0.15, -0.1) is 12.4 Å². The summed E-state index contributed by atoms with van der Waals surface area (Å²) in [4.78, 5) is 13.3. The predicted molar refractivity (Wildman–Crippen MR) is 143 cm³/mol. The van der Waals surface area contributed by atoms with E-state index in [0.717, 1.165) is 5.69 Å². The molecule has 0 fully saturated rings. The second-order valence-corrected chi connectivity index (χ2v) is 8.79. The first-order chi connectivity index (χ1) is 17.0. The van der Waals surface area contributed by atoms with Crippen LogP contribution in [0.15, 0.2) is 84.9 Å². The highest BCUT2D eigenvalue weighted by molar-refractivity contribution is 5.90. The van der Waals surface area contributed by atoms with Gasteiger partial charge in [0.15, 0.2) is 5.82 Å². The summed E-state index contributed by atoms with van der Waals surface area (Å²) >= 11 is 0. The number of carbonyl (C=O) groups is 1. The molecule has 36 heavy (non-hydrogen) atoms. The number of nitrogens with zero attached hydrogens (tertiary/aromatic N) is 1. The van der Waals surface area contributed by atoms with Gasteiger partial charge in [-0.3, -0.25) is 0 Å². The minimum Gasteiger partial charge on any atom is -0.486 e. The van der Waals surface area contributed by atoms with E-state index >= 15 is 4.39 Å². The van der Waals surface area contributed by atoms with E-state index in [1.54, 1.807) is 12.1 Å². The van der Waals surface area contributed by atoms with Crippen molar-refractivity contribution in [1.29, 1.82) is 0 Å². The molecule has 2 atom stereocenters. The average Bonchev–Trinajstić information content (AvgIpc) is 2.88. The first-order valence-corrected chi connectivity index (χ1v) is 11.8. The van der Waals surface area contributed by atoms with E-state index in [4.69, 9.17) is 4.74 Å². The van der Waals surface area contributed by atoms with Crippen LogP contribution in [0.5, 0.6) is 5.75 Å². The summed E-state index contributed by atoms with van der Waals surface area (Å²) in [6, 6.07) is 26.8. The van der Waals surface area contributed by atoms with Crippen LogP contribution in [0.1, 0.15) is 35.3 Å². The second kappa shape index (κ2) is 11.0. The molecule has 1 heterocycles. The molecule has 1 aliphatic heterocycles. The highest BCUT2D eigenvalue weighted by Crippen LogP contribution is 2.40. The Labute approximate surface area is 215 Å². The first kappa shape index (κ1) is 25.5. The van der Waals surface area contributed by atoms with E-state index in [9.17, 15) is 9.90 Å². The lowest BCUT2D eigenvalue weighted by atomic mass is 9.99. The maximum absolute atomic E-state index is 15.1. The molecule has 186 valence electrons. The molecule has 4 aromatic rings. The van der Waals surface area contributed by atoms with E-state index in [0.29, 0.717) is 25.3 Å². The molecule has 5 nitrogen and oxygen atoms in total. The fraction of sp³-hybridized carbons (Fsp3) is 0.207. The molecule has 4 aromatic carbocycles. The molecule has 2 N–H and O–H groups in total. The van der Waals surface area contributed by atoms with Crippen LogP contribution in [0, 0.1) is 5.82 Å². The fourth-order valence-electron chi connectivity index (χ4n) is 4.77. The Hall–Kier alpha value is -3.61. The van der Waals surface area contributed by atoms with E-state index in [1.807, 2.05) is 35.2 Å². The van der Waals surface area contributed by atoms with Gasteiger partial charge in [-0.05, 0) is 60.5 Å². The van der Waals surface area contributed by atoms with Crippen LogP contribution in [0.3, 0.4) is 0 Å². The second-order valence-electron chi connectivity index (χ2n) is 8.79. The lowest BCUT2D eigenvalue weighted by Crippen LogP contribution is -2.39. The molecule has 0 saturated heterocycles. The van der Waals surface area contributed by atoms with Gasteiger partial charge in [0, 0.05) is 6.04 Å². The number of fused-ring (bicyclic) bond motifs is 2. The van der Waals surface area contributed by atoms with Crippen LogP contribution < -0.4 is 15.0 Å². The molecule has 0 spiro atoms. The van der Waals surface area contributed by atoms with Crippen molar-refractivity contribution in [2.75, 3.05) is 18.0 Å². The van der Waals surface area contributed by atoms with Crippen LogP contribution in [0.4, 0.5) is 15.8 Å². The predicted octanol–water partition coefficient (Wildman–Crippen LogP) is 6.74. The maximum atomic E-state index is 15.1. The lowest BCUT2D eigenvalue weighted by molar-refractivity contribution is 0.0692. The van der Waals surface area contributed by atoms with Crippen molar-refractivity contribution >= 4 is 40.5 Å². The van der Waals surface area contributed by atoms with Crippen molar-refractivity contribution in [3.8, 4) is 5.75 Å². The zero-order chi connectivity index (χ0) is 24.4. The Morgan fingerprint density at radius 3 is 2.56 bits per heavy atom. The van der Waals surface area contributed by atoms with Crippen LogP contribution in [0.2, 0.25) is 0 Å². The van der Waals surface area contributed by atoms with Crippen molar-refractivity contribution in [3.63, 3.8) is 0 Å². The normalized spacial score (nSPS) is 15.5. The van der Waals surface area contributed by atoms with Gasteiger partial charge < -0.3 is 20.1 Å². The molecule has 0 aromatic heterocycles. The summed E-state index contributed by atoms with van der Waals surface area (Å²) in [5.74, 6) is -1.36. The van der Waals surface area contributed by atoms with Gasteiger partial charge in [0.2, 0.25) is 0 Å². The van der Waals surface area contributed by atoms with E-state index in [-0.39, 0.29) is 35.8 Å². The minimum atomic E-state index is -1.28. The van der Waals surface area contributed by atoms with Gasteiger partial charge in [0.1, 0.15) is 11.9 Å². The number of para-hydroxylation sites is 2. The van der Waals surface area contributed by atoms with Gasteiger partial charge in [-0.2, -0.15) is 0 Å². The molecular formula is C29H28ClFN2O3. The van der Waals surface area contributed by atoms with E-state index < -0.39 is 11.8 Å². The molecule has 5 rings (SSSR count). The Morgan fingerprint density at radius 1 is 1.03 bits per heavy atom. The number of anilines is 2. The van der Waals surface area contributed by atoms with E-state index in [2.05, 4.69) is 48.6 Å². The summed E-state index contributed by atoms with van der Waals surface area (Å²) in [6.45, 7) is 3.28. The topological polar surface area (TPSA) is 61.8 Å². The van der Waals surface area contributed by atoms with Crippen LogP contribution in [-0.4, -0.2) is 30.3 Å². The summed E-state index contributed by atoms with van der Waals surface area (Å²) in [5.41, 5.74) is 1.87. The van der Waals surface area contributed by atoms with Crippen LogP contribution >= 0.6 is 12.4 Å². The number of carboxylic acids is 1. The van der Waals surface area contributed by atoms with Gasteiger partial charge >= 0.3 is 5.97 Å². The van der Waals surface area contributed by atoms with Crippen molar-refractivity contribution in [1.82, 2.24) is 5.32 Å². The summed E-state index contributed by atoms with van der Waals surface area (Å²) in [5, 5.41) is 15.4. The highest BCUT2D eigenvalue weighted by atomic mass is 35.5. The minimum absolute atomic E-state index is 0. The largest absolute Gasteiger partial charge is 0.486 e. The van der Waals surface area contributed by atoms with Crippen molar-refractivity contribution in [2.45, 2.75) is 25.5 Å². The van der Waals surface area contributed by atoms with Crippen LogP contribution in [-0.2, 0) is 0 Å². The standard InChI is InChI=1S/C29H27FN2O3.ClH/c1-19(22-11-6-9-20-8-2-3-10-23(20)22)31-17-16-21-18-32(25-13-4-5-15-27(25)35-21)26-14-7-12-24(28(26)30)29(33)34;/h2-15,19,21,31H,16-18H2,1H3,(H,33,34);1H/t19-,21?;/m1./s1. The third-order valence-corrected chi connectivity index (χ3v) is 6.54. The number of carboxylic acid groups (broad SMARTS) is 1. The Morgan fingerprint density at radius 2 is 1.72 bits per heavy atom. The maximum Gasteiger partial charge on any atom is 0.338 e. The zero-order valence-corrected chi connectivity index (χ0v) is 20.7. The molecule has 0 radical (unpaired) electrons. The van der Waals surface area contributed by atoms with Crippen molar-refractivity contribution < 1.29 is 19.0 Å². The summed E-state index contributed by atoms with van der Waals surface area (Å²) in [7, 11) is 0. The number of nitrogens with one attached hydrogen (secondary N) is 1. The third kappa shape index (κ3) is 5.01. The molecule has 0 bridgehead atoms. The molecule has 7 heteroatoms. The third-order valence-electron chi connectivity index (χ3n) is 6.54. The summed E-state index contributed by atoms with van der Waals surface area (Å²) in [6.07, 6.45) is 0.519. The number of halogens is 2. The van der Waals surface area contributed by atoms with Crippen molar-refractivity contribution in [2.24, 2.45) is 0 Å². The quantitative estimate of drug-likeness (QED) is 0.290. The number of aromatic carboxylic acids is 1. The Balaban J connectivity index is 0.00000304. The number of hydrogen-bond donors (Lipinski definition) is 2. The smallest absolute Gasteiger partial charge is 0.338 e. The average molecular weight is 507 g/mol. The van der Waals surface area contributed by atoms with Gasteiger partial charge in [-0.1, -0.05) is 60.7 Å². The van der Waals surface area contributed by atoms with E-state index in [1.165, 1.54) is 22.4 Å². The molecule has 0 amide bonds. The monoisotopic (exact) mass is 506 g/mol. The molecule has 1 aliphatic rings. The molecule has 0 aliphatic carbocycles. The molecule has 1 unspecified atom stereocenters. The van der Waals surface area contributed by atoms with Crippen LogP contribution in [0.25, 0.3) is 10.8 Å². The number of benzene rings is 4. The number of rotatable bonds is 7. The van der Waals surface area contributed by atoms with Gasteiger partial charge in [0.25, 0.3) is 0 Å². The first-order valence-electron chi connectivity index (χ1n) is 11.8. The summed E-state index contributed by atoms with van der Waals surface area (Å²) < 4.78 is 21.4. The van der Waals surface area contributed by atoms with Crippen molar-refractivity contribution in [3.05, 3.63) is 102 Å².